The highest BCUT2D eigenvalue weighted by molar-refractivity contribution is 6.00. The van der Waals surface area contributed by atoms with Crippen LogP contribution in [0.2, 0.25) is 0 Å². The van der Waals surface area contributed by atoms with Crippen molar-refractivity contribution < 1.29 is 19.6 Å². The van der Waals surface area contributed by atoms with Crippen LogP contribution in [-0.2, 0) is 4.79 Å². The molecule has 5 amide bonds. The summed E-state index contributed by atoms with van der Waals surface area (Å²) in [5.41, 5.74) is 3.11. The molecule has 2 aromatic rings. The second-order valence-corrected chi connectivity index (χ2v) is 12.1. The van der Waals surface area contributed by atoms with E-state index in [4.69, 9.17) is 5.26 Å². The number of carbonyl (C=O) groups excluding carboxylic acids is 3. The first kappa shape index (κ1) is 30.5. The second kappa shape index (κ2) is 12.2. The van der Waals surface area contributed by atoms with Crippen molar-refractivity contribution in [2.24, 2.45) is 22.4 Å². The van der Waals surface area contributed by atoms with E-state index in [0.29, 0.717) is 41.1 Å². The van der Waals surface area contributed by atoms with E-state index in [0.717, 1.165) is 12.1 Å². The summed E-state index contributed by atoms with van der Waals surface area (Å²) in [4.78, 5) is 42.6. The molecule has 2 aromatic carbocycles. The highest BCUT2D eigenvalue weighted by atomic mass is 16.5. The van der Waals surface area contributed by atoms with Crippen LogP contribution in [0.1, 0.15) is 53.9 Å². The zero-order valence-electron chi connectivity index (χ0n) is 24.7. The summed E-state index contributed by atoms with van der Waals surface area (Å²) in [5.74, 6) is 0.228. The molecule has 2 aliphatic rings. The molecule has 3 atom stereocenters. The van der Waals surface area contributed by atoms with Gasteiger partial charge in [-0.3, -0.25) is 14.9 Å². The number of hydroxylamine groups is 2. The minimum atomic E-state index is -1.18. The van der Waals surface area contributed by atoms with Gasteiger partial charge >= 0.3 is 12.1 Å². The van der Waals surface area contributed by atoms with Gasteiger partial charge in [-0.05, 0) is 75.1 Å². The van der Waals surface area contributed by atoms with Gasteiger partial charge in [-0.15, -0.1) is 0 Å². The molecule has 0 radical (unpaired) electrons. The van der Waals surface area contributed by atoms with Crippen LogP contribution in [0.25, 0.3) is 0 Å². The lowest BCUT2D eigenvalue weighted by molar-refractivity contribution is -0.124. The second-order valence-electron chi connectivity index (χ2n) is 12.1. The van der Waals surface area contributed by atoms with Gasteiger partial charge in [-0.1, -0.05) is 50.2 Å². The Morgan fingerprint density at radius 3 is 2.29 bits per heavy atom. The first-order valence-corrected chi connectivity index (χ1v) is 14.1. The highest BCUT2D eigenvalue weighted by Gasteiger charge is 2.56. The quantitative estimate of drug-likeness (QED) is 0.209. The molecule has 4 rings (SSSR count). The van der Waals surface area contributed by atoms with Crippen molar-refractivity contribution in [3.05, 3.63) is 60.7 Å². The average Bonchev–Trinajstić information content (AvgIpc) is 3.16. The number of hydrogen-bond donors (Lipinski definition) is 3. The minimum Gasteiger partial charge on any atom is -0.306 e. The fourth-order valence-electron chi connectivity index (χ4n) is 5.94. The zero-order valence-corrected chi connectivity index (χ0v) is 24.7. The van der Waals surface area contributed by atoms with Crippen molar-refractivity contribution >= 4 is 35.1 Å². The van der Waals surface area contributed by atoms with Crippen LogP contribution in [0, 0.1) is 28.6 Å². The fourth-order valence-corrected chi connectivity index (χ4v) is 5.94. The zero-order chi connectivity index (χ0) is 30.7. The normalized spacial score (nSPS) is 22.6. The number of hydrazone groups is 1. The molecular weight excluding hydrogens is 534 g/mol. The third-order valence-corrected chi connectivity index (χ3v) is 8.73. The topological polar surface area (TPSA) is 141 Å². The minimum absolute atomic E-state index is 0.0292. The molecule has 1 heterocycles. The maximum absolute atomic E-state index is 13.8. The summed E-state index contributed by atoms with van der Waals surface area (Å²) in [6, 6.07) is 18.2. The maximum Gasteiger partial charge on any atom is 0.347 e. The van der Waals surface area contributed by atoms with Gasteiger partial charge in [0.05, 0.1) is 11.6 Å². The Morgan fingerprint density at radius 2 is 1.69 bits per heavy atom. The summed E-state index contributed by atoms with van der Waals surface area (Å²) < 4.78 is 0. The molecule has 3 unspecified atom stereocenters. The van der Waals surface area contributed by atoms with Gasteiger partial charge in [0.25, 0.3) is 5.91 Å². The number of anilines is 2. The molecule has 1 saturated heterocycles. The predicted octanol–water partition coefficient (Wildman–Crippen LogP) is 5.41. The van der Waals surface area contributed by atoms with E-state index in [1.807, 2.05) is 6.92 Å². The number of amides is 5. The average molecular weight is 574 g/mol. The van der Waals surface area contributed by atoms with Crippen LogP contribution in [0.4, 0.5) is 21.0 Å². The van der Waals surface area contributed by atoms with Crippen molar-refractivity contribution in [1.29, 1.82) is 5.26 Å². The Hall–Kier alpha value is -4.43. The molecular formula is C31H39N7O4. The number of nitriles is 1. The van der Waals surface area contributed by atoms with Crippen LogP contribution in [0.5, 0.6) is 0 Å². The van der Waals surface area contributed by atoms with Crippen molar-refractivity contribution in [2.45, 2.75) is 65.6 Å². The van der Waals surface area contributed by atoms with Crippen molar-refractivity contribution in [3.63, 3.8) is 0 Å². The summed E-state index contributed by atoms with van der Waals surface area (Å²) in [5, 5.41) is 27.6. The van der Waals surface area contributed by atoms with E-state index in [1.165, 1.54) is 9.80 Å². The third-order valence-electron chi connectivity index (χ3n) is 8.73. The lowest BCUT2D eigenvalue weighted by atomic mass is 9.53. The van der Waals surface area contributed by atoms with E-state index in [2.05, 4.69) is 35.8 Å². The Labute approximate surface area is 246 Å². The first-order chi connectivity index (χ1) is 19.9. The fraction of sp³-hybridized carbons (Fsp3) is 0.452. The summed E-state index contributed by atoms with van der Waals surface area (Å²) in [6.07, 6.45) is 1.03. The predicted molar refractivity (Wildman–Crippen MR) is 159 cm³/mol. The molecule has 1 saturated carbocycles. The van der Waals surface area contributed by atoms with Gasteiger partial charge in [0, 0.05) is 23.5 Å². The highest BCUT2D eigenvalue weighted by Crippen LogP contribution is 2.54. The molecule has 0 bridgehead atoms. The van der Waals surface area contributed by atoms with Crippen LogP contribution in [-0.4, -0.2) is 57.1 Å². The summed E-state index contributed by atoms with van der Waals surface area (Å²) in [7, 11) is 0. The number of rotatable bonds is 9. The van der Waals surface area contributed by atoms with Gasteiger partial charge in [0.1, 0.15) is 6.54 Å². The SMILES string of the molecule is C/C(CC1CC(CC#N)C1(C)C)=N/NC(=O)CN1C(=O)N(c2ccccc2)C(N(O)C(=O)Nc2ccccc2)C1(C)C. The molecule has 2 fully saturated rings. The number of nitrogens with one attached hydrogen (secondary N) is 2. The monoisotopic (exact) mass is 573 g/mol. The molecule has 1 aliphatic heterocycles. The van der Waals surface area contributed by atoms with Gasteiger partial charge in [-0.2, -0.15) is 15.4 Å². The van der Waals surface area contributed by atoms with Crippen molar-refractivity contribution in [1.82, 2.24) is 15.4 Å². The molecule has 0 spiro atoms. The van der Waals surface area contributed by atoms with Crippen molar-refractivity contribution in [2.75, 3.05) is 16.8 Å². The van der Waals surface area contributed by atoms with E-state index in [1.54, 1.807) is 74.5 Å². The number of carbonyl (C=O) groups is 3. The first-order valence-electron chi connectivity index (χ1n) is 14.1. The number of urea groups is 2. The molecule has 42 heavy (non-hydrogen) atoms. The summed E-state index contributed by atoms with van der Waals surface area (Å²) >= 11 is 0. The lowest BCUT2D eigenvalue weighted by Crippen LogP contribution is -2.58. The molecule has 11 nitrogen and oxygen atoms in total. The Balaban J connectivity index is 1.48. The Morgan fingerprint density at radius 1 is 1.07 bits per heavy atom. The number of hydrogen-bond acceptors (Lipinski definition) is 6. The molecule has 11 heteroatoms. The number of para-hydroxylation sites is 2. The standard InChI is InChI=1S/C31H39N7O4/c1-21(18-23-19-22(16-17-32)30(23,2)3)34-35-26(39)20-36-29(41)37(25-14-10-7-11-15-25)27(31(36,4)5)38(42)28(40)33-24-12-8-6-9-13-24/h6-15,22-23,27,42H,16,18-20H2,1-5H3,(H,33,40)(H,35,39)/b34-21-. The smallest absolute Gasteiger partial charge is 0.306 e. The van der Waals surface area contributed by atoms with Crippen molar-refractivity contribution in [3.8, 4) is 6.07 Å². The van der Waals surface area contributed by atoms with Gasteiger partial charge in [0.15, 0.2) is 6.17 Å². The Kier molecular flexibility index (Phi) is 8.87. The largest absolute Gasteiger partial charge is 0.347 e. The van der Waals surface area contributed by atoms with Crippen LogP contribution in [0.3, 0.4) is 0 Å². The molecule has 0 aromatic heterocycles. The number of nitrogens with zero attached hydrogens (tertiary/aromatic N) is 5. The molecule has 222 valence electrons. The molecule has 3 N–H and O–H groups in total. The van der Waals surface area contributed by atoms with Gasteiger partial charge < -0.3 is 10.2 Å². The summed E-state index contributed by atoms with van der Waals surface area (Å²) in [6.45, 7) is 9.22. The van der Waals surface area contributed by atoms with E-state index < -0.39 is 29.7 Å². The van der Waals surface area contributed by atoms with Crippen LogP contribution >= 0.6 is 0 Å². The van der Waals surface area contributed by atoms with E-state index in [9.17, 15) is 19.6 Å². The third kappa shape index (κ3) is 6.09. The molecule has 1 aliphatic carbocycles. The van der Waals surface area contributed by atoms with Crippen LogP contribution < -0.4 is 15.6 Å². The lowest BCUT2D eigenvalue weighted by Gasteiger charge is -2.52. The Bertz CT molecular complexity index is 1370. The van der Waals surface area contributed by atoms with Crippen LogP contribution in [0.15, 0.2) is 65.8 Å². The van der Waals surface area contributed by atoms with Gasteiger partial charge in [-0.25, -0.2) is 15.0 Å². The maximum atomic E-state index is 13.8. The van der Waals surface area contributed by atoms with E-state index in [-0.39, 0.29) is 12.0 Å². The van der Waals surface area contributed by atoms with Gasteiger partial charge in [0.2, 0.25) is 0 Å². The number of benzene rings is 2. The van der Waals surface area contributed by atoms with E-state index >= 15 is 0 Å².